The van der Waals surface area contributed by atoms with Crippen LogP contribution in [-0.4, -0.2) is 38.5 Å². The van der Waals surface area contributed by atoms with Crippen LogP contribution in [-0.2, 0) is 9.47 Å². The number of anilines is 1. The summed E-state index contributed by atoms with van der Waals surface area (Å²) in [4.78, 5) is 2.40. The van der Waals surface area contributed by atoms with Crippen LogP contribution in [0, 0.1) is 0 Å². The quantitative estimate of drug-likeness (QED) is 0.825. The third-order valence-corrected chi connectivity index (χ3v) is 4.59. The Morgan fingerprint density at radius 3 is 2.55 bits per heavy atom. The van der Waals surface area contributed by atoms with Crippen LogP contribution in [0.3, 0.4) is 0 Å². The van der Waals surface area contributed by atoms with Crippen LogP contribution < -0.4 is 4.90 Å². The van der Waals surface area contributed by atoms with Gasteiger partial charge in [-0.05, 0) is 42.5 Å². The second-order valence-electron chi connectivity index (χ2n) is 5.92. The van der Waals surface area contributed by atoms with Gasteiger partial charge in [-0.3, -0.25) is 0 Å². The number of nitrogens with zero attached hydrogens (tertiary/aromatic N) is 1. The van der Waals surface area contributed by atoms with Crippen molar-refractivity contribution in [2.24, 2.45) is 0 Å². The van der Waals surface area contributed by atoms with E-state index in [9.17, 15) is 0 Å². The van der Waals surface area contributed by atoms with Gasteiger partial charge in [0, 0.05) is 18.8 Å². The molecule has 1 aromatic carbocycles. The number of hydrogen-bond donors (Lipinski definition) is 0. The molecule has 0 radical (unpaired) electrons. The van der Waals surface area contributed by atoms with Crippen LogP contribution in [0.25, 0.3) is 5.57 Å². The molecule has 0 aromatic heterocycles. The summed E-state index contributed by atoms with van der Waals surface area (Å²) in [5, 5.41) is 0. The maximum atomic E-state index is 5.87. The van der Waals surface area contributed by atoms with Gasteiger partial charge < -0.3 is 14.4 Å². The lowest BCUT2D eigenvalue weighted by Gasteiger charge is -2.29. The third kappa shape index (κ3) is 2.36. The molecule has 0 spiro atoms. The van der Waals surface area contributed by atoms with Crippen LogP contribution in [0.4, 0.5) is 5.69 Å². The average molecular weight is 271 g/mol. The summed E-state index contributed by atoms with van der Waals surface area (Å²) in [6.07, 6.45) is 6.64. The molecule has 3 heterocycles. The molecule has 3 heteroatoms. The van der Waals surface area contributed by atoms with Crippen molar-refractivity contribution in [1.82, 2.24) is 0 Å². The SMILES string of the molecule is C1=C(c2ccc(N3CCOCC3)cc2)CC2CCC1O2. The van der Waals surface area contributed by atoms with Gasteiger partial charge in [0.2, 0.25) is 0 Å². The second kappa shape index (κ2) is 5.23. The summed E-state index contributed by atoms with van der Waals surface area (Å²) in [5.74, 6) is 0. The summed E-state index contributed by atoms with van der Waals surface area (Å²) in [6, 6.07) is 9.03. The number of fused-ring (bicyclic) bond motifs is 2. The van der Waals surface area contributed by atoms with Crippen molar-refractivity contribution in [2.75, 3.05) is 31.2 Å². The van der Waals surface area contributed by atoms with Crippen LogP contribution in [0.15, 0.2) is 30.3 Å². The highest BCUT2D eigenvalue weighted by atomic mass is 16.5. The van der Waals surface area contributed by atoms with E-state index >= 15 is 0 Å². The minimum atomic E-state index is 0.364. The van der Waals surface area contributed by atoms with Gasteiger partial charge in [0.15, 0.2) is 0 Å². The molecule has 2 atom stereocenters. The van der Waals surface area contributed by atoms with E-state index in [-0.39, 0.29) is 0 Å². The molecule has 3 aliphatic heterocycles. The summed E-state index contributed by atoms with van der Waals surface area (Å²) < 4.78 is 11.3. The van der Waals surface area contributed by atoms with Crippen molar-refractivity contribution in [1.29, 1.82) is 0 Å². The summed E-state index contributed by atoms with van der Waals surface area (Å²) in [6.45, 7) is 3.68. The van der Waals surface area contributed by atoms with Crippen LogP contribution in [0.2, 0.25) is 0 Å². The molecule has 0 amide bonds. The van der Waals surface area contributed by atoms with Crippen molar-refractivity contribution >= 4 is 11.3 Å². The van der Waals surface area contributed by atoms with Crippen LogP contribution in [0.5, 0.6) is 0 Å². The Bertz CT molecular complexity index is 502. The first kappa shape index (κ1) is 12.4. The fourth-order valence-corrected chi connectivity index (χ4v) is 3.47. The Labute approximate surface area is 120 Å². The van der Waals surface area contributed by atoms with Gasteiger partial charge in [0.05, 0.1) is 25.4 Å². The van der Waals surface area contributed by atoms with Crippen molar-refractivity contribution in [3.8, 4) is 0 Å². The van der Waals surface area contributed by atoms with Crippen molar-refractivity contribution in [2.45, 2.75) is 31.5 Å². The zero-order valence-corrected chi connectivity index (χ0v) is 11.8. The largest absolute Gasteiger partial charge is 0.378 e. The zero-order chi connectivity index (χ0) is 13.4. The van der Waals surface area contributed by atoms with Gasteiger partial charge >= 0.3 is 0 Å². The van der Waals surface area contributed by atoms with E-state index in [1.165, 1.54) is 29.7 Å². The van der Waals surface area contributed by atoms with Crippen molar-refractivity contribution in [3.05, 3.63) is 35.9 Å². The Balaban J connectivity index is 1.52. The number of ether oxygens (including phenoxy) is 2. The fraction of sp³-hybridized carbons (Fsp3) is 0.529. The first-order valence-corrected chi connectivity index (χ1v) is 7.68. The maximum absolute atomic E-state index is 5.87. The van der Waals surface area contributed by atoms with E-state index in [2.05, 4.69) is 35.2 Å². The average Bonchev–Trinajstić information content (AvgIpc) is 2.87. The van der Waals surface area contributed by atoms with E-state index in [0.717, 1.165) is 32.7 Å². The maximum Gasteiger partial charge on any atom is 0.0766 e. The molecule has 2 bridgehead atoms. The van der Waals surface area contributed by atoms with Gasteiger partial charge in [-0.2, -0.15) is 0 Å². The summed E-state index contributed by atoms with van der Waals surface area (Å²) in [7, 11) is 0. The predicted octanol–water partition coefficient (Wildman–Crippen LogP) is 2.86. The molecule has 0 N–H and O–H groups in total. The van der Waals surface area contributed by atoms with Gasteiger partial charge in [0.25, 0.3) is 0 Å². The number of rotatable bonds is 2. The Morgan fingerprint density at radius 2 is 1.80 bits per heavy atom. The molecule has 0 aliphatic carbocycles. The smallest absolute Gasteiger partial charge is 0.0766 e. The van der Waals surface area contributed by atoms with Gasteiger partial charge in [-0.15, -0.1) is 0 Å². The highest BCUT2D eigenvalue weighted by Crippen LogP contribution is 2.36. The lowest BCUT2D eigenvalue weighted by atomic mass is 9.98. The molecular weight excluding hydrogens is 250 g/mol. The van der Waals surface area contributed by atoms with Crippen LogP contribution in [0.1, 0.15) is 24.8 Å². The topological polar surface area (TPSA) is 21.7 Å². The van der Waals surface area contributed by atoms with E-state index in [1.807, 2.05) is 0 Å². The standard InChI is InChI=1S/C17H21NO2/c1-3-15(18-7-9-19-10-8-18)4-2-13(1)14-11-16-5-6-17(12-14)20-16/h1-4,11,16-17H,5-10,12H2. The van der Waals surface area contributed by atoms with E-state index in [1.54, 1.807) is 0 Å². The van der Waals surface area contributed by atoms with Crippen LogP contribution >= 0.6 is 0 Å². The normalized spacial score (nSPS) is 29.4. The molecular formula is C17H21NO2. The lowest BCUT2D eigenvalue weighted by Crippen LogP contribution is -2.36. The van der Waals surface area contributed by atoms with Crippen molar-refractivity contribution < 1.29 is 9.47 Å². The Morgan fingerprint density at radius 1 is 1.00 bits per heavy atom. The van der Waals surface area contributed by atoms with Crippen molar-refractivity contribution in [3.63, 3.8) is 0 Å². The molecule has 4 rings (SSSR count). The lowest BCUT2D eigenvalue weighted by molar-refractivity contribution is 0.0671. The predicted molar refractivity (Wildman–Crippen MR) is 80.0 cm³/mol. The molecule has 106 valence electrons. The Hall–Kier alpha value is -1.32. The summed E-state index contributed by atoms with van der Waals surface area (Å²) in [5.41, 5.74) is 4.15. The molecule has 20 heavy (non-hydrogen) atoms. The van der Waals surface area contributed by atoms with E-state index < -0.39 is 0 Å². The molecule has 2 saturated heterocycles. The zero-order valence-electron chi connectivity index (χ0n) is 11.8. The first-order chi connectivity index (χ1) is 9.88. The third-order valence-electron chi connectivity index (χ3n) is 4.59. The number of hydrogen-bond acceptors (Lipinski definition) is 3. The molecule has 1 aromatic rings. The van der Waals surface area contributed by atoms with E-state index in [4.69, 9.17) is 9.47 Å². The molecule has 0 saturated carbocycles. The Kier molecular flexibility index (Phi) is 3.25. The summed E-state index contributed by atoms with van der Waals surface area (Å²) >= 11 is 0. The molecule has 3 nitrogen and oxygen atoms in total. The van der Waals surface area contributed by atoms with E-state index in [0.29, 0.717) is 12.2 Å². The first-order valence-electron chi connectivity index (χ1n) is 7.68. The minimum absolute atomic E-state index is 0.364. The van der Waals surface area contributed by atoms with Gasteiger partial charge in [-0.1, -0.05) is 18.2 Å². The fourth-order valence-electron chi connectivity index (χ4n) is 3.47. The number of benzene rings is 1. The highest BCUT2D eigenvalue weighted by Gasteiger charge is 2.29. The monoisotopic (exact) mass is 271 g/mol. The minimum Gasteiger partial charge on any atom is -0.378 e. The highest BCUT2D eigenvalue weighted by molar-refractivity contribution is 5.69. The molecule has 2 fully saturated rings. The number of morpholine rings is 1. The van der Waals surface area contributed by atoms with Gasteiger partial charge in [0.1, 0.15) is 0 Å². The molecule has 2 unspecified atom stereocenters. The second-order valence-corrected chi connectivity index (χ2v) is 5.92. The molecule has 3 aliphatic rings. The van der Waals surface area contributed by atoms with Gasteiger partial charge in [-0.25, -0.2) is 0 Å².